The van der Waals surface area contributed by atoms with Crippen LogP contribution in [0.3, 0.4) is 0 Å². The van der Waals surface area contributed by atoms with Crippen LogP contribution in [0.25, 0.3) is 33.5 Å². The van der Waals surface area contributed by atoms with E-state index in [-0.39, 0.29) is 12.0 Å². The van der Waals surface area contributed by atoms with Gasteiger partial charge in [0.2, 0.25) is 5.95 Å². The molecule has 5 heterocycles. The highest BCUT2D eigenvalue weighted by Gasteiger charge is 2.26. The van der Waals surface area contributed by atoms with Crippen molar-refractivity contribution in [1.82, 2.24) is 34.9 Å². The molecule has 0 spiro atoms. The zero-order valence-electron chi connectivity index (χ0n) is 23.2. The third kappa shape index (κ3) is 4.59. The standard InChI is InChI=1S/C31H33N9O/c1-18-22(8-5-9-25(18)35-31(41)40-16-20-6-3-4-7-21(20)17-40)28-23-14-26(34-29(23)37-30(32)36-28)24-15-33-38-27(24)19-10-12-39(2)13-11-19/h3-9,14-15,19H,10-13,16-17H2,1-2H3,(H,33,38)(H,35,41)(H3,32,34,36,37). The SMILES string of the molecule is Cc1c(NC(=O)N2Cc3ccccc3C2)cccc1-c1nc(N)nc2[nH]c(-c3c[nH]nc3C3CCN(C)CC3)cc12. The van der Waals surface area contributed by atoms with E-state index in [1.807, 2.05) is 48.4 Å². The lowest BCUT2D eigenvalue weighted by atomic mass is 9.91. The van der Waals surface area contributed by atoms with Crippen LogP contribution in [0, 0.1) is 6.92 Å². The second-order valence-corrected chi connectivity index (χ2v) is 11.2. The molecule has 7 rings (SSSR count). The molecule has 0 saturated carbocycles. The highest BCUT2D eigenvalue weighted by molar-refractivity contribution is 5.98. The number of piperidine rings is 1. The minimum absolute atomic E-state index is 0.126. The predicted octanol–water partition coefficient (Wildman–Crippen LogP) is 5.26. The first-order valence-electron chi connectivity index (χ1n) is 14.1. The minimum Gasteiger partial charge on any atom is -0.368 e. The van der Waals surface area contributed by atoms with Gasteiger partial charge in [-0.2, -0.15) is 10.1 Å². The lowest BCUT2D eigenvalue weighted by molar-refractivity contribution is 0.212. The molecule has 1 saturated heterocycles. The van der Waals surface area contributed by atoms with E-state index in [1.54, 1.807) is 0 Å². The number of carbonyl (C=O) groups excluding carboxylic acids is 1. The molecule has 0 unspecified atom stereocenters. The normalized spacial score (nSPS) is 15.9. The number of nitrogens with zero attached hydrogens (tertiary/aromatic N) is 5. The summed E-state index contributed by atoms with van der Waals surface area (Å²) in [6.07, 6.45) is 4.11. The Balaban J connectivity index is 1.21. The summed E-state index contributed by atoms with van der Waals surface area (Å²) in [6.45, 7) is 5.32. The number of urea groups is 1. The number of rotatable bonds is 4. The second kappa shape index (κ2) is 10.0. The molecule has 208 valence electrons. The number of nitrogen functional groups attached to an aromatic ring is 1. The molecule has 2 aliphatic rings. The lowest BCUT2D eigenvalue weighted by Gasteiger charge is -2.28. The molecule has 5 aromatic rings. The molecule has 0 radical (unpaired) electrons. The Bertz CT molecular complexity index is 1740. The number of anilines is 2. The zero-order chi connectivity index (χ0) is 28.1. The van der Waals surface area contributed by atoms with E-state index in [2.05, 4.69) is 60.6 Å². The number of aromatic amines is 2. The van der Waals surface area contributed by atoms with Crippen molar-refractivity contribution in [1.29, 1.82) is 0 Å². The first-order valence-corrected chi connectivity index (χ1v) is 14.1. The Morgan fingerprint density at radius 1 is 1.02 bits per heavy atom. The Kier molecular flexibility index (Phi) is 6.19. The number of H-pyrrole nitrogens is 2. The van der Waals surface area contributed by atoms with E-state index in [0.717, 1.165) is 70.8 Å². The van der Waals surface area contributed by atoms with Gasteiger partial charge in [0.1, 0.15) is 5.65 Å². The van der Waals surface area contributed by atoms with E-state index >= 15 is 0 Å². The number of hydrogen-bond donors (Lipinski definition) is 4. The van der Waals surface area contributed by atoms with E-state index in [9.17, 15) is 4.79 Å². The predicted molar refractivity (Wildman–Crippen MR) is 160 cm³/mol. The Labute approximate surface area is 238 Å². The fourth-order valence-corrected chi connectivity index (χ4v) is 6.19. The maximum Gasteiger partial charge on any atom is 0.322 e. The number of nitrogens with one attached hydrogen (secondary N) is 3. The van der Waals surface area contributed by atoms with E-state index in [1.165, 1.54) is 11.1 Å². The smallest absolute Gasteiger partial charge is 0.322 e. The van der Waals surface area contributed by atoms with Crippen LogP contribution in [-0.4, -0.2) is 61.1 Å². The fraction of sp³-hybridized carbons (Fsp3) is 0.290. The number of aromatic nitrogens is 5. The van der Waals surface area contributed by atoms with Crippen molar-refractivity contribution >= 4 is 28.7 Å². The van der Waals surface area contributed by atoms with Crippen LogP contribution in [0.15, 0.2) is 54.7 Å². The number of hydrogen-bond acceptors (Lipinski definition) is 6. The van der Waals surface area contributed by atoms with Crippen LogP contribution >= 0.6 is 0 Å². The van der Waals surface area contributed by atoms with Crippen LogP contribution in [0.2, 0.25) is 0 Å². The first-order chi connectivity index (χ1) is 19.9. The first kappa shape index (κ1) is 25.3. The van der Waals surface area contributed by atoms with Crippen molar-refractivity contribution in [2.45, 2.75) is 38.8 Å². The maximum absolute atomic E-state index is 13.2. The average molecular weight is 548 g/mol. The van der Waals surface area contributed by atoms with Gasteiger partial charge in [-0.3, -0.25) is 5.10 Å². The van der Waals surface area contributed by atoms with Crippen molar-refractivity contribution in [2.24, 2.45) is 0 Å². The zero-order valence-corrected chi connectivity index (χ0v) is 23.2. The molecule has 41 heavy (non-hydrogen) atoms. The van der Waals surface area contributed by atoms with Crippen molar-refractivity contribution in [3.63, 3.8) is 0 Å². The number of benzene rings is 2. The molecule has 2 amide bonds. The van der Waals surface area contributed by atoms with Crippen LogP contribution in [-0.2, 0) is 13.1 Å². The summed E-state index contributed by atoms with van der Waals surface area (Å²) in [5.74, 6) is 0.590. The maximum atomic E-state index is 13.2. The van der Waals surface area contributed by atoms with Crippen LogP contribution in [0.1, 0.15) is 41.1 Å². The largest absolute Gasteiger partial charge is 0.368 e. The van der Waals surface area contributed by atoms with Gasteiger partial charge in [0.15, 0.2) is 0 Å². The van der Waals surface area contributed by atoms with E-state index < -0.39 is 0 Å². The molecule has 2 aliphatic heterocycles. The summed E-state index contributed by atoms with van der Waals surface area (Å²) in [7, 11) is 2.16. The number of amides is 2. The van der Waals surface area contributed by atoms with E-state index in [4.69, 9.17) is 5.73 Å². The van der Waals surface area contributed by atoms with Gasteiger partial charge in [-0.1, -0.05) is 36.4 Å². The molecule has 1 fully saturated rings. The van der Waals surface area contributed by atoms with Crippen LogP contribution < -0.4 is 11.1 Å². The van der Waals surface area contributed by atoms with Crippen molar-refractivity contribution in [3.05, 3.63) is 77.1 Å². The van der Waals surface area contributed by atoms with Crippen molar-refractivity contribution in [3.8, 4) is 22.5 Å². The molecule has 2 aromatic carbocycles. The fourth-order valence-electron chi connectivity index (χ4n) is 6.19. The molecule has 0 aliphatic carbocycles. The molecule has 3 aromatic heterocycles. The number of fused-ring (bicyclic) bond motifs is 2. The summed E-state index contributed by atoms with van der Waals surface area (Å²) >= 11 is 0. The Hall–Kier alpha value is -4.70. The monoisotopic (exact) mass is 547 g/mol. The summed E-state index contributed by atoms with van der Waals surface area (Å²) in [5, 5.41) is 11.7. The van der Waals surface area contributed by atoms with E-state index in [0.29, 0.717) is 24.7 Å². The second-order valence-electron chi connectivity index (χ2n) is 11.2. The Morgan fingerprint density at radius 3 is 2.54 bits per heavy atom. The van der Waals surface area contributed by atoms with Gasteiger partial charge >= 0.3 is 6.03 Å². The highest BCUT2D eigenvalue weighted by atomic mass is 16.2. The quantitative estimate of drug-likeness (QED) is 0.243. The highest BCUT2D eigenvalue weighted by Crippen LogP contribution is 2.38. The molecular weight excluding hydrogens is 514 g/mol. The number of nitrogens with two attached hydrogens (primary N) is 1. The molecule has 5 N–H and O–H groups in total. The summed E-state index contributed by atoms with van der Waals surface area (Å²) in [4.78, 5) is 30.1. The molecule has 10 nitrogen and oxygen atoms in total. The van der Waals surface area contributed by atoms with Crippen molar-refractivity contribution in [2.75, 3.05) is 31.2 Å². The van der Waals surface area contributed by atoms with Gasteiger partial charge in [0, 0.05) is 47.4 Å². The third-order valence-corrected chi connectivity index (χ3v) is 8.53. The van der Waals surface area contributed by atoms with Gasteiger partial charge in [-0.25, -0.2) is 9.78 Å². The van der Waals surface area contributed by atoms with Gasteiger partial charge in [-0.15, -0.1) is 0 Å². The van der Waals surface area contributed by atoms with Gasteiger partial charge in [-0.05, 0) is 68.7 Å². The molecular formula is C31H33N9O. The molecule has 0 atom stereocenters. The van der Waals surface area contributed by atoms with Gasteiger partial charge in [0.25, 0.3) is 0 Å². The summed E-state index contributed by atoms with van der Waals surface area (Å²) in [5.41, 5.74) is 15.6. The third-order valence-electron chi connectivity index (χ3n) is 8.53. The lowest BCUT2D eigenvalue weighted by Crippen LogP contribution is -2.30. The average Bonchev–Trinajstić information content (AvgIpc) is 3.72. The van der Waals surface area contributed by atoms with Crippen molar-refractivity contribution < 1.29 is 4.79 Å². The van der Waals surface area contributed by atoms with Crippen LogP contribution in [0.4, 0.5) is 16.4 Å². The summed E-state index contributed by atoms with van der Waals surface area (Å²) in [6, 6.07) is 16.0. The summed E-state index contributed by atoms with van der Waals surface area (Å²) < 4.78 is 0. The van der Waals surface area contributed by atoms with Gasteiger partial charge in [0.05, 0.1) is 17.1 Å². The minimum atomic E-state index is -0.126. The van der Waals surface area contributed by atoms with Gasteiger partial charge < -0.3 is 25.8 Å². The molecule has 10 heteroatoms. The Morgan fingerprint density at radius 2 is 1.78 bits per heavy atom. The van der Waals surface area contributed by atoms with Crippen LogP contribution in [0.5, 0.6) is 0 Å². The number of carbonyl (C=O) groups is 1. The number of likely N-dealkylation sites (tertiary alicyclic amines) is 1. The molecule has 0 bridgehead atoms. The topological polar surface area (TPSA) is 132 Å².